The molecule has 126 valence electrons. The van der Waals surface area contributed by atoms with Crippen LogP contribution in [0.2, 0.25) is 0 Å². The number of aliphatic hydroxyl groups excluding tert-OH is 1. The van der Waals surface area contributed by atoms with Crippen LogP contribution < -0.4 is 4.72 Å². The predicted octanol–water partition coefficient (Wildman–Crippen LogP) is 1.45. The number of alkyl halides is 3. The van der Waals surface area contributed by atoms with Crippen LogP contribution in [0.1, 0.15) is 17.2 Å². The zero-order valence-electron chi connectivity index (χ0n) is 11.9. The standard InChI is InChI=1S/C13H14F3N3O3S/c1-19-8-11(6-17-19)23(21,22)18-7-12(20)9-3-2-4-10(5-9)13(14,15)16/h2-6,8,12,18,20H,7H2,1H3/t12-/m0/s1. The van der Waals surface area contributed by atoms with Crippen LogP contribution in [0.4, 0.5) is 13.2 Å². The Morgan fingerprint density at radius 2 is 2.09 bits per heavy atom. The first-order valence-electron chi connectivity index (χ1n) is 6.43. The van der Waals surface area contributed by atoms with Crippen molar-refractivity contribution in [2.45, 2.75) is 17.2 Å². The van der Waals surface area contributed by atoms with Gasteiger partial charge in [-0.15, -0.1) is 0 Å². The third-order valence-corrected chi connectivity index (χ3v) is 4.44. The number of nitrogens with one attached hydrogen (secondary N) is 1. The summed E-state index contributed by atoms with van der Waals surface area (Å²) in [4.78, 5) is -0.101. The molecule has 1 aromatic carbocycles. The van der Waals surface area contributed by atoms with Crippen molar-refractivity contribution in [1.82, 2.24) is 14.5 Å². The monoisotopic (exact) mass is 349 g/mol. The van der Waals surface area contributed by atoms with Gasteiger partial charge in [0.2, 0.25) is 10.0 Å². The maximum Gasteiger partial charge on any atom is 0.416 e. The highest BCUT2D eigenvalue weighted by Gasteiger charge is 2.31. The van der Waals surface area contributed by atoms with E-state index in [1.807, 2.05) is 0 Å². The first-order chi connectivity index (χ1) is 10.6. The Bertz CT molecular complexity index is 787. The maximum absolute atomic E-state index is 12.6. The van der Waals surface area contributed by atoms with Gasteiger partial charge in [0.1, 0.15) is 4.90 Å². The molecule has 0 aliphatic heterocycles. The second-order valence-electron chi connectivity index (χ2n) is 4.84. The number of sulfonamides is 1. The Labute approximate surface area is 130 Å². The van der Waals surface area contributed by atoms with Gasteiger partial charge in [-0.25, -0.2) is 13.1 Å². The largest absolute Gasteiger partial charge is 0.416 e. The first kappa shape index (κ1) is 17.4. The lowest BCUT2D eigenvalue weighted by atomic mass is 10.1. The Hall–Kier alpha value is -1.91. The summed E-state index contributed by atoms with van der Waals surface area (Å²) in [5.41, 5.74) is -0.946. The minimum atomic E-state index is -4.54. The molecule has 23 heavy (non-hydrogen) atoms. The molecular weight excluding hydrogens is 335 g/mol. The summed E-state index contributed by atoms with van der Waals surface area (Å²) in [6.07, 6.45) is -3.56. The van der Waals surface area contributed by atoms with Gasteiger partial charge in [0.25, 0.3) is 0 Å². The quantitative estimate of drug-likeness (QED) is 0.856. The Morgan fingerprint density at radius 1 is 1.39 bits per heavy atom. The van der Waals surface area contributed by atoms with E-state index in [-0.39, 0.29) is 10.5 Å². The molecule has 2 N–H and O–H groups in total. The fourth-order valence-corrected chi connectivity index (χ4v) is 2.87. The minimum Gasteiger partial charge on any atom is -0.387 e. The Balaban J connectivity index is 2.09. The molecule has 2 rings (SSSR count). The number of aliphatic hydroxyl groups is 1. The smallest absolute Gasteiger partial charge is 0.387 e. The third-order valence-electron chi connectivity index (χ3n) is 3.06. The topological polar surface area (TPSA) is 84.2 Å². The fourth-order valence-electron chi connectivity index (χ4n) is 1.85. The molecule has 10 heteroatoms. The number of rotatable bonds is 5. The molecule has 0 unspecified atom stereocenters. The minimum absolute atomic E-state index is 0.0336. The van der Waals surface area contributed by atoms with E-state index in [4.69, 9.17) is 0 Å². The van der Waals surface area contributed by atoms with Gasteiger partial charge in [-0.2, -0.15) is 18.3 Å². The van der Waals surface area contributed by atoms with Gasteiger partial charge in [-0.3, -0.25) is 4.68 Å². The van der Waals surface area contributed by atoms with E-state index in [1.165, 1.54) is 24.0 Å². The lowest BCUT2D eigenvalue weighted by Gasteiger charge is -2.14. The van der Waals surface area contributed by atoms with E-state index in [0.29, 0.717) is 0 Å². The average Bonchev–Trinajstić information content (AvgIpc) is 2.91. The number of halogens is 3. The van der Waals surface area contributed by atoms with Crippen LogP contribution in [0, 0.1) is 0 Å². The van der Waals surface area contributed by atoms with Crippen molar-refractivity contribution in [2.24, 2.45) is 7.05 Å². The molecule has 1 atom stereocenters. The Morgan fingerprint density at radius 3 is 2.65 bits per heavy atom. The molecule has 0 aliphatic rings. The molecule has 2 aromatic rings. The van der Waals surface area contributed by atoms with Gasteiger partial charge in [-0.1, -0.05) is 12.1 Å². The highest BCUT2D eigenvalue weighted by atomic mass is 32.2. The molecule has 0 aliphatic carbocycles. The molecular formula is C13H14F3N3O3S. The van der Waals surface area contributed by atoms with Crippen LogP contribution in [0.25, 0.3) is 0 Å². The number of hydrogen-bond donors (Lipinski definition) is 2. The lowest BCUT2D eigenvalue weighted by Crippen LogP contribution is -2.28. The van der Waals surface area contributed by atoms with Crippen molar-refractivity contribution >= 4 is 10.0 Å². The zero-order valence-corrected chi connectivity index (χ0v) is 12.8. The summed E-state index contributed by atoms with van der Waals surface area (Å²) < 4.78 is 65.2. The first-order valence-corrected chi connectivity index (χ1v) is 7.91. The maximum atomic E-state index is 12.6. The summed E-state index contributed by atoms with van der Waals surface area (Å²) in [6, 6.07) is 4.09. The zero-order chi connectivity index (χ0) is 17.3. The van der Waals surface area contributed by atoms with Crippen LogP contribution >= 0.6 is 0 Å². The van der Waals surface area contributed by atoms with Crippen LogP contribution in [0.3, 0.4) is 0 Å². The van der Waals surface area contributed by atoms with Gasteiger partial charge < -0.3 is 5.11 Å². The van der Waals surface area contributed by atoms with E-state index in [0.717, 1.165) is 24.4 Å². The number of aromatic nitrogens is 2. The van der Waals surface area contributed by atoms with Crippen LogP contribution in [0.5, 0.6) is 0 Å². The van der Waals surface area contributed by atoms with Crippen molar-refractivity contribution in [1.29, 1.82) is 0 Å². The van der Waals surface area contributed by atoms with Crippen molar-refractivity contribution in [3.8, 4) is 0 Å². The lowest BCUT2D eigenvalue weighted by molar-refractivity contribution is -0.137. The second-order valence-corrected chi connectivity index (χ2v) is 6.61. The average molecular weight is 349 g/mol. The summed E-state index contributed by atoms with van der Waals surface area (Å²) in [5.74, 6) is 0. The van der Waals surface area contributed by atoms with Crippen LogP contribution in [-0.4, -0.2) is 29.8 Å². The van der Waals surface area contributed by atoms with Gasteiger partial charge in [0.05, 0.1) is 17.9 Å². The summed E-state index contributed by atoms with van der Waals surface area (Å²) in [6.45, 7) is -0.460. The summed E-state index contributed by atoms with van der Waals surface area (Å²) in [7, 11) is -2.36. The molecule has 0 fully saturated rings. The van der Waals surface area contributed by atoms with E-state index in [1.54, 1.807) is 0 Å². The van der Waals surface area contributed by atoms with Crippen molar-refractivity contribution in [3.05, 3.63) is 47.8 Å². The SMILES string of the molecule is Cn1cc(S(=O)(=O)NC[C@H](O)c2cccc(C(F)(F)F)c2)cn1. The molecule has 0 saturated carbocycles. The van der Waals surface area contributed by atoms with Gasteiger partial charge >= 0.3 is 6.18 Å². The van der Waals surface area contributed by atoms with E-state index in [9.17, 15) is 26.7 Å². The fraction of sp³-hybridized carbons (Fsp3) is 0.308. The Kier molecular flexibility index (Phi) is 4.78. The molecule has 1 heterocycles. The van der Waals surface area contributed by atoms with Gasteiger partial charge in [0, 0.05) is 19.8 Å². The molecule has 6 nitrogen and oxygen atoms in total. The van der Waals surface area contributed by atoms with E-state index >= 15 is 0 Å². The number of aryl methyl sites for hydroxylation is 1. The molecule has 1 aromatic heterocycles. The highest BCUT2D eigenvalue weighted by Crippen LogP contribution is 2.30. The third kappa shape index (κ3) is 4.30. The van der Waals surface area contributed by atoms with Crippen molar-refractivity contribution < 1.29 is 26.7 Å². The van der Waals surface area contributed by atoms with Crippen molar-refractivity contribution in [2.75, 3.05) is 6.54 Å². The van der Waals surface area contributed by atoms with Gasteiger partial charge in [0.15, 0.2) is 0 Å². The number of benzene rings is 1. The molecule has 0 bridgehead atoms. The van der Waals surface area contributed by atoms with E-state index < -0.39 is 34.4 Å². The van der Waals surface area contributed by atoms with E-state index in [2.05, 4.69) is 9.82 Å². The predicted molar refractivity (Wildman–Crippen MR) is 74.8 cm³/mol. The van der Waals surface area contributed by atoms with Gasteiger partial charge in [-0.05, 0) is 17.7 Å². The summed E-state index contributed by atoms with van der Waals surface area (Å²) >= 11 is 0. The normalized spacial score (nSPS) is 14.0. The summed E-state index contributed by atoms with van der Waals surface area (Å²) in [5, 5.41) is 13.6. The number of nitrogens with zero attached hydrogens (tertiary/aromatic N) is 2. The molecule has 0 spiro atoms. The number of hydrogen-bond acceptors (Lipinski definition) is 4. The highest BCUT2D eigenvalue weighted by molar-refractivity contribution is 7.89. The second kappa shape index (κ2) is 6.30. The molecule has 0 radical (unpaired) electrons. The van der Waals surface area contributed by atoms with Crippen LogP contribution in [0.15, 0.2) is 41.6 Å². The van der Waals surface area contributed by atoms with Crippen molar-refractivity contribution in [3.63, 3.8) is 0 Å². The van der Waals surface area contributed by atoms with Crippen LogP contribution in [-0.2, 0) is 23.2 Å². The molecule has 0 amide bonds. The molecule has 0 saturated heterocycles.